The zero-order chi connectivity index (χ0) is 13.8. The Morgan fingerprint density at radius 1 is 0.842 bits per heavy atom. The molecule has 0 spiro atoms. The second-order valence-corrected chi connectivity index (χ2v) is 3.73. The smallest absolute Gasteiger partial charge is 0.293 e. The molecule has 3 heteroatoms. The van der Waals surface area contributed by atoms with Crippen LogP contribution in [0.3, 0.4) is 0 Å². The molecular weight excluding hydrogens is 240 g/mol. The van der Waals surface area contributed by atoms with Crippen molar-refractivity contribution in [3.63, 3.8) is 0 Å². The van der Waals surface area contributed by atoms with Gasteiger partial charge in [-0.25, -0.2) is 0 Å². The normalized spacial score (nSPS) is 8.84. The first-order valence-corrected chi connectivity index (χ1v) is 5.96. The lowest BCUT2D eigenvalue weighted by Crippen LogP contribution is -1.95. The van der Waals surface area contributed by atoms with Crippen molar-refractivity contribution in [1.29, 1.82) is 0 Å². The summed E-state index contributed by atoms with van der Waals surface area (Å²) in [6.45, 7) is 0.941. The van der Waals surface area contributed by atoms with Crippen molar-refractivity contribution in [2.45, 2.75) is 6.42 Å². The van der Waals surface area contributed by atoms with Crippen molar-refractivity contribution in [1.82, 2.24) is 0 Å². The van der Waals surface area contributed by atoms with Crippen LogP contribution in [0.1, 0.15) is 15.9 Å². The highest BCUT2D eigenvalue weighted by atomic mass is 16.5. The SMILES string of the molecule is O=COCCc1ccccc1.O=Cc1ccccc1. The number of hydrogen-bond acceptors (Lipinski definition) is 3. The zero-order valence-electron chi connectivity index (χ0n) is 10.6. The largest absolute Gasteiger partial charge is 0.468 e. The lowest BCUT2D eigenvalue weighted by Gasteiger charge is -1.97. The maximum absolute atomic E-state index is 10.0. The maximum Gasteiger partial charge on any atom is 0.293 e. The Bertz CT molecular complexity index is 466. The number of benzene rings is 2. The predicted molar refractivity (Wildman–Crippen MR) is 74.0 cm³/mol. The van der Waals surface area contributed by atoms with Crippen LogP contribution in [-0.4, -0.2) is 19.4 Å². The molecule has 2 rings (SSSR count). The topological polar surface area (TPSA) is 43.4 Å². The molecule has 0 bridgehead atoms. The van der Waals surface area contributed by atoms with Gasteiger partial charge >= 0.3 is 0 Å². The minimum atomic E-state index is 0.466. The lowest BCUT2D eigenvalue weighted by atomic mass is 10.2. The minimum absolute atomic E-state index is 0.466. The summed E-state index contributed by atoms with van der Waals surface area (Å²) in [7, 11) is 0. The number of ether oxygens (including phenoxy) is 1. The Labute approximate surface area is 112 Å². The third kappa shape index (κ3) is 6.78. The van der Waals surface area contributed by atoms with Crippen molar-refractivity contribution >= 4 is 12.8 Å². The molecular formula is C16H16O3. The molecule has 0 aliphatic carbocycles. The molecule has 2 aromatic rings. The summed E-state index contributed by atoms with van der Waals surface area (Å²) in [5.41, 5.74) is 1.92. The minimum Gasteiger partial charge on any atom is -0.468 e. The van der Waals surface area contributed by atoms with Gasteiger partial charge in [0.1, 0.15) is 6.29 Å². The molecule has 98 valence electrons. The molecule has 0 radical (unpaired) electrons. The number of aldehydes is 1. The van der Waals surface area contributed by atoms with Gasteiger partial charge in [-0.1, -0.05) is 60.7 Å². The Balaban J connectivity index is 0.000000200. The summed E-state index contributed by atoms with van der Waals surface area (Å²) < 4.78 is 4.56. The first-order chi connectivity index (χ1) is 9.36. The Morgan fingerprint density at radius 2 is 1.42 bits per heavy atom. The molecule has 0 unspecified atom stereocenters. The van der Waals surface area contributed by atoms with E-state index in [1.54, 1.807) is 12.1 Å². The predicted octanol–water partition coefficient (Wildman–Crippen LogP) is 2.90. The summed E-state index contributed by atoms with van der Waals surface area (Å²) in [6, 6.07) is 19.0. The van der Waals surface area contributed by atoms with Gasteiger partial charge in [-0.2, -0.15) is 0 Å². The van der Waals surface area contributed by atoms with Crippen LogP contribution < -0.4 is 0 Å². The van der Waals surface area contributed by atoms with E-state index in [2.05, 4.69) is 4.74 Å². The van der Waals surface area contributed by atoms with Gasteiger partial charge in [0.25, 0.3) is 6.47 Å². The molecule has 3 nitrogen and oxygen atoms in total. The molecule has 0 amide bonds. The highest BCUT2D eigenvalue weighted by Gasteiger charge is 1.89. The van der Waals surface area contributed by atoms with E-state index in [9.17, 15) is 9.59 Å². The van der Waals surface area contributed by atoms with Gasteiger partial charge < -0.3 is 4.74 Å². The number of hydrogen-bond donors (Lipinski definition) is 0. The van der Waals surface area contributed by atoms with Gasteiger partial charge in [0.05, 0.1) is 6.61 Å². The summed E-state index contributed by atoms with van der Waals surface area (Å²) in [6.07, 6.45) is 1.62. The second-order valence-electron chi connectivity index (χ2n) is 3.73. The zero-order valence-corrected chi connectivity index (χ0v) is 10.6. The quantitative estimate of drug-likeness (QED) is 0.610. The lowest BCUT2D eigenvalue weighted by molar-refractivity contribution is -0.128. The highest BCUT2D eigenvalue weighted by molar-refractivity contribution is 5.74. The Hall–Kier alpha value is -2.42. The molecule has 0 fully saturated rings. The molecule has 0 N–H and O–H groups in total. The van der Waals surface area contributed by atoms with Gasteiger partial charge in [-0.3, -0.25) is 9.59 Å². The second kappa shape index (κ2) is 9.59. The van der Waals surface area contributed by atoms with Crippen molar-refractivity contribution in [2.75, 3.05) is 6.61 Å². The Morgan fingerprint density at radius 3 is 1.89 bits per heavy atom. The first-order valence-electron chi connectivity index (χ1n) is 5.96. The van der Waals surface area contributed by atoms with Gasteiger partial charge in [-0.05, 0) is 5.56 Å². The van der Waals surface area contributed by atoms with Crippen molar-refractivity contribution < 1.29 is 14.3 Å². The first kappa shape index (κ1) is 14.6. The Kier molecular flexibility index (Phi) is 7.39. The number of rotatable bonds is 5. The van der Waals surface area contributed by atoms with E-state index in [1.165, 1.54) is 5.56 Å². The van der Waals surface area contributed by atoms with Crippen LogP contribution in [0.2, 0.25) is 0 Å². The van der Waals surface area contributed by atoms with Crippen LogP contribution >= 0.6 is 0 Å². The van der Waals surface area contributed by atoms with Crippen LogP contribution in [0, 0.1) is 0 Å². The number of carbonyl (C=O) groups excluding carboxylic acids is 2. The van der Waals surface area contributed by atoms with Gasteiger partial charge in [0, 0.05) is 12.0 Å². The van der Waals surface area contributed by atoms with Crippen LogP contribution in [0.15, 0.2) is 60.7 Å². The van der Waals surface area contributed by atoms with Crippen LogP contribution in [0.25, 0.3) is 0 Å². The van der Waals surface area contributed by atoms with E-state index in [0.29, 0.717) is 13.1 Å². The van der Waals surface area contributed by atoms with Crippen LogP contribution in [0.5, 0.6) is 0 Å². The van der Waals surface area contributed by atoms with Gasteiger partial charge in [0.15, 0.2) is 0 Å². The molecule has 2 aromatic carbocycles. The maximum atomic E-state index is 10.0. The van der Waals surface area contributed by atoms with Gasteiger partial charge in [0.2, 0.25) is 0 Å². The standard InChI is InChI=1S/C9H10O2.C7H6O/c10-8-11-7-6-9-4-2-1-3-5-9;8-6-7-4-2-1-3-5-7/h1-5,8H,6-7H2;1-6H. The third-order valence-corrected chi connectivity index (χ3v) is 2.36. The molecule has 0 saturated heterocycles. The van der Waals surface area contributed by atoms with E-state index >= 15 is 0 Å². The van der Waals surface area contributed by atoms with E-state index in [1.807, 2.05) is 48.5 Å². The summed E-state index contributed by atoms with van der Waals surface area (Å²) in [5.74, 6) is 0. The summed E-state index contributed by atoms with van der Waals surface area (Å²) in [4.78, 5) is 19.8. The monoisotopic (exact) mass is 256 g/mol. The molecule has 0 aromatic heterocycles. The summed E-state index contributed by atoms with van der Waals surface area (Å²) >= 11 is 0. The van der Waals surface area contributed by atoms with E-state index in [0.717, 1.165) is 18.3 Å². The van der Waals surface area contributed by atoms with Crippen molar-refractivity contribution in [3.8, 4) is 0 Å². The molecule has 0 heterocycles. The fourth-order valence-electron chi connectivity index (χ4n) is 1.40. The van der Waals surface area contributed by atoms with Crippen LogP contribution in [-0.2, 0) is 16.0 Å². The third-order valence-electron chi connectivity index (χ3n) is 2.36. The molecule has 0 aliphatic rings. The molecule has 0 atom stereocenters. The van der Waals surface area contributed by atoms with E-state index in [4.69, 9.17) is 0 Å². The fourth-order valence-corrected chi connectivity index (χ4v) is 1.40. The average molecular weight is 256 g/mol. The van der Waals surface area contributed by atoms with E-state index < -0.39 is 0 Å². The molecule has 0 aliphatic heterocycles. The number of carbonyl (C=O) groups is 2. The van der Waals surface area contributed by atoms with Crippen LogP contribution in [0.4, 0.5) is 0 Å². The van der Waals surface area contributed by atoms with E-state index in [-0.39, 0.29) is 0 Å². The highest BCUT2D eigenvalue weighted by Crippen LogP contribution is 1.98. The van der Waals surface area contributed by atoms with Crippen molar-refractivity contribution in [3.05, 3.63) is 71.8 Å². The summed E-state index contributed by atoms with van der Waals surface area (Å²) in [5, 5.41) is 0. The molecule has 19 heavy (non-hydrogen) atoms. The van der Waals surface area contributed by atoms with Crippen molar-refractivity contribution in [2.24, 2.45) is 0 Å². The fraction of sp³-hybridized carbons (Fsp3) is 0.125. The average Bonchev–Trinajstić information content (AvgIpc) is 2.50. The van der Waals surface area contributed by atoms with Gasteiger partial charge in [-0.15, -0.1) is 0 Å². The molecule has 0 saturated carbocycles.